The normalized spacial score (nSPS) is 11.0. The average molecular weight is 322 g/mol. The van der Waals surface area contributed by atoms with Gasteiger partial charge in [-0.3, -0.25) is 4.79 Å². The number of rotatable bonds is 9. The monoisotopic (exact) mass is 322 g/mol. The quantitative estimate of drug-likeness (QED) is 0.516. The minimum Gasteiger partial charge on any atom is -0.476 e. The third kappa shape index (κ3) is 6.72. The first-order chi connectivity index (χ1) is 10.9. The van der Waals surface area contributed by atoms with E-state index in [2.05, 4.69) is 4.74 Å². The van der Waals surface area contributed by atoms with Gasteiger partial charge in [0.05, 0.1) is 13.7 Å². The Morgan fingerprint density at radius 3 is 2.35 bits per heavy atom. The molecule has 0 aliphatic heterocycles. The van der Waals surface area contributed by atoms with E-state index in [0.29, 0.717) is 25.2 Å². The summed E-state index contributed by atoms with van der Waals surface area (Å²) in [5, 5.41) is 0. The van der Waals surface area contributed by atoms with Crippen LogP contribution in [0.15, 0.2) is 24.3 Å². The van der Waals surface area contributed by atoms with Gasteiger partial charge in [-0.2, -0.15) is 0 Å². The van der Waals surface area contributed by atoms with E-state index in [1.807, 2.05) is 19.1 Å². The molecule has 0 heterocycles. The fraction of sp³-hybridized carbons (Fsp3) is 0.556. The fourth-order valence-corrected chi connectivity index (χ4v) is 1.89. The highest BCUT2D eigenvalue weighted by Crippen LogP contribution is 2.21. The number of methoxy groups -OCH3 is 1. The summed E-state index contributed by atoms with van der Waals surface area (Å²) in [6.07, 6.45) is 2.76. The molecule has 0 amide bonds. The number of carbonyl (C=O) groups is 2. The van der Waals surface area contributed by atoms with Gasteiger partial charge in [0, 0.05) is 6.42 Å². The summed E-state index contributed by atoms with van der Waals surface area (Å²) < 4.78 is 15.5. The molecule has 0 atom stereocenters. The van der Waals surface area contributed by atoms with Crippen LogP contribution in [-0.2, 0) is 25.5 Å². The molecule has 0 radical (unpaired) electrons. The Hall–Kier alpha value is -2.04. The number of unbranched alkanes of at least 4 members (excludes halogenated alkanes) is 1. The fourth-order valence-electron chi connectivity index (χ4n) is 1.89. The van der Waals surface area contributed by atoms with Crippen molar-refractivity contribution in [3.63, 3.8) is 0 Å². The van der Waals surface area contributed by atoms with Crippen LogP contribution in [0, 0.1) is 0 Å². The zero-order valence-electron chi connectivity index (χ0n) is 14.4. The van der Waals surface area contributed by atoms with E-state index < -0.39 is 5.60 Å². The summed E-state index contributed by atoms with van der Waals surface area (Å²) in [6.45, 7) is 5.82. The molecule has 1 aromatic rings. The van der Waals surface area contributed by atoms with Crippen molar-refractivity contribution in [1.82, 2.24) is 0 Å². The van der Waals surface area contributed by atoms with Crippen molar-refractivity contribution in [2.75, 3.05) is 13.7 Å². The van der Waals surface area contributed by atoms with E-state index in [0.717, 1.165) is 18.4 Å². The molecule has 128 valence electrons. The zero-order valence-corrected chi connectivity index (χ0v) is 14.4. The van der Waals surface area contributed by atoms with Gasteiger partial charge < -0.3 is 14.2 Å². The molecule has 0 unspecified atom stereocenters. The van der Waals surface area contributed by atoms with E-state index in [4.69, 9.17) is 9.47 Å². The van der Waals surface area contributed by atoms with Crippen molar-refractivity contribution in [2.45, 2.75) is 52.1 Å². The lowest BCUT2D eigenvalue weighted by Crippen LogP contribution is -2.39. The number of benzene rings is 1. The minimum absolute atomic E-state index is 0.235. The van der Waals surface area contributed by atoms with E-state index in [1.165, 1.54) is 7.11 Å². The molecular formula is C18H26O5. The SMILES string of the molecule is CCCCOC(=O)C(C)(C)Oc1ccc(CCC(=O)OC)cc1. The van der Waals surface area contributed by atoms with Crippen molar-refractivity contribution >= 4 is 11.9 Å². The molecule has 5 nitrogen and oxygen atoms in total. The van der Waals surface area contributed by atoms with E-state index >= 15 is 0 Å². The number of hydrogen-bond donors (Lipinski definition) is 0. The molecule has 1 aromatic carbocycles. The molecular weight excluding hydrogens is 296 g/mol. The van der Waals surface area contributed by atoms with Crippen LogP contribution in [0.3, 0.4) is 0 Å². The molecule has 0 aliphatic carbocycles. The van der Waals surface area contributed by atoms with Crippen LogP contribution in [0.1, 0.15) is 45.6 Å². The van der Waals surface area contributed by atoms with Crippen molar-refractivity contribution in [1.29, 1.82) is 0 Å². The molecule has 0 fully saturated rings. The van der Waals surface area contributed by atoms with Gasteiger partial charge in [-0.15, -0.1) is 0 Å². The molecule has 0 spiro atoms. The number of aryl methyl sites for hydroxylation is 1. The predicted molar refractivity (Wildman–Crippen MR) is 87.4 cm³/mol. The van der Waals surface area contributed by atoms with Crippen LogP contribution < -0.4 is 4.74 Å². The van der Waals surface area contributed by atoms with Crippen LogP contribution in [0.2, 0.25) is 0 Å². The van der Waals surface area contributed by atoms with Gasteiger partial charge in [-0.25, -0.2) is 4.79 Å². The first-order valence-electron chi connectivity index (χ1n) is 7.91. The Morgan fingerprint density at radius 2 is 1.78 bits per heavy atom. The predicted octanol–water partition coefficient (Wildman–Crippen LogP) is 3.29. The molecule has 5 heteroatoms. The Kier molecular flexibility index (Phi) is 7.59. The Morgan fingerprint density at radius 1 is 1.13 bits per heavy atom. The van der Waals surface area contributed by atoms with Crippen molar-refractivity contribution in [2.24, 2.45) is 0 Å². The van der Waals surface area contributed by atoms with E-state index in [-0.39, 0.29) is 11.9 Å². The second-order valence-corrected chi connectivity index (χ2v) is 5.82. The Balaban J connectivity index is 2.55. The zero-order chi connectivity index (χ0) is 17.3. The minimum atomic E-state index is -1.04. The first-order valence-corrected chi connectivity index (χ1v) is 7.91. The summed E-state index contributed by atoms with van der Waals surface area (Å²) in [4.78, 5) is 23.1. The highest BCUT2D eigenvalue weighted by Gasteiger charge is 2.31. The highest BCUT2D eigenvalue weighted by molar-refractivity contribution is 5.79. The molecule has 0 N–H and O–H groups in total. The smallest absolute Gasteiger partial charge is 0.349 e. The van der Waals surface area contributed by atoms with Gasteiger partial charge in [-0.05, 0) is 44.4 Å². The maximum Gasteiger partial charge on any atom is 0.349 e. The molecule has 23 heavy (non-hydrogen) atoms. The van der Waals surface area contributed by atoms with Crippen LogP contribution in [0.4, 0.5) is 0 Å². The van der Waals surface area contributed by atoms with Crippen molar-refractivity contribution < 1.29 is 23.8 Å². The maximum atomic E-state index is 12.0. The second kappa shape index (κ2) is 9.18. The Bertz CT molecular complexity index is 505. The highest BCUT2D eigenvalue weighted by atomic mass is 16.6. The number of carbonyl (C=O) groups excluding carboxylic acids is 2. The maximum absolute atomic E-state index is 12.0. The Labute approximate surface area is 137 Å². The number of esters is 2. The standard InChI is InChI=1S/C18H26O5/c1-5-6-13-22-17(20)18(2,3)23-15-10-7-14(8-11-15)9-12-16(19)21-4/h7-8,10-11H,5-6,9,12-13H2,1-4H3. The van der Waals surface area contributed by atoms with Gasteiger partial charge in [0.25, 0.3) is 0 Å². The second-order valence-electron chi connectivity index (χ2n) is 5.82. The third-order valence-electron chi connectivity index (χ3n) is 3.36. The van der Waals surface area contributed by atoms with Crippen LogP contribution in [-0.4, -0.2) is 31.3 Å². The summed E-state index contributed by atoms with van der Waals surface area (Å²) in [6, 6.07) is 7.31. The van der Waals surface area contributed by atoms with E-state index in [1.54, 1.807) is 26.0 Å². The average Bonchev–Trinajstić information content (AvgIpc) is 2.53. The molecule has 0 bridgehead atoms. The van der Waals surface area contributed by atoms with Gasteiger partial charge in [0.1, 0.15) is 5.75 Å². The van der Waals surface area contributed by atoms with Crippen molar-refractivity contribution in [3.05, 3.63) is 29.8 Å². The van der Waals surface area contributed by atoms with Gasteiger partial charge in [-0.1, -0.05) is 25.5 Å². The van der Waals surface area contributed by atoms with Gasteiger partial charge in [0.2, 0.25) is 0 Å². The molecule has 0 aromatic heterocycles. The lowest BCUT2D eigenvalue weighted by molar-refractivity contribution is -0.159. The van der Waals surface area contributed by atoms with Crippen LogP contribution in [0.5, 0.6) is 5.75 Å². The molecule has 0 aliphatic rings. The molecule has 0 saturated heterocycles. The summed E-state index contributed by atoms with van der Waals surface area (Å²) in [5.41, 5.74) is -0.0348. The van der Waals surface area contributed by atoms with Gasteiger partial charge in [0.15, 0.2) is 5.60 Å². The lowest BCUT2D eigenvalue weighted by Gasteiger charge is -2.24. The topological polar surface area (TPSA) is 61.8 Å². The summed E-state index contributed by atoms with van der Waals surface area (Å²) in [7, 11) is 1.38. The van der Waals surface area contributed by atoms with E-state index in [9.17, 15) is 9.59 Å². The van der Waals surface area contributed by atoms with Crippen LogP contribution in [0.25, 0.3) is 0 Å². The molecule has 1 rings (SSSR count). The van der Waals surface area contributed by atoms with Crippen LogP contribution >= 0.6 is 0 Å². The third-order valence-corrected chi connectivity index (χ3v) is 3.36. The number of hydrogen-bond acceptors (Lipinski definition) is 5. The lowest BCUT2D eigenvalue weighted by atomic mass is 10.1. The molecule has 0 saturated carbocycles. The largest absolute Gasteiger partial charge is 0.476 e. The summed E-state index contributed by atoms with van der Waals surface area (Å²) >= 11 is 0. The number of ether oxygens (including phenoxy) is 3. The van der Waals surface area contributed by atoms with Crippen molar-refractivity contribution in [3.8, 4) is 5.75 Å². The first kappa shape index (κ1) is 19.0. The summed E-state index contributed by atoms with van der Waals surface area (Å²) in [5.74, 6) is -0.0220. The van der Waals surface area contributed by atoms with Gasteiger partial charge >= 0.3 is 11.9 Å².